The van der Waals surface area contributed by atoms with Gasteiger partial charge in [-0.3, -0.25) is 9.59 Å². The Labute approximate surface area is 199 Å². The highest BCUT2D eigenvalue weighted by atomic mass is 35.5. The van der Waals surface area contributed by atoms with Gasteiger partial charge in [0.25, 0.3) is 0 Å². The third-order valence-corrected chi connectivity index (χ3v) is 5.83. The number of benzene rings is 3. The molecule has 1 aliphatic carbocycles. The zero-order valence-electron chi connectivity index (χ0n) is 17.8. The Hall–Kier alpha value is -3.91. The van der Waals surface area contributed by atoms with Crippen molar-refractivity contribution in [1.29, 1.82) is 0 Å². The summed E-state index contributed by atoms with van der Waals surface area (Å²) in [6.45, 7) is -0.00973. The Balaban J connectivity index is 1.44. The normalized spacial score (nSPS) is 12.9. The van der Waals surface area contributed by atoms with Crippen LogP contribution < -0.4 is 10.6 Å². The van der Waals surface area contributed by atoms with Crippen molar-refractivity contribution >= 4 is 35.3 Å². The number of anilines is 1. The molecule has 4 rings (SSSR count). The van der Waals surface area contributed by atoms with Gasteiger partial charge >= 0.3 is 12.1 Å². The summed E-state index contributed by atoms with van der Waals surface area (Å²) in [6, 6.07) is 18.1. The molecule has 0 spiro atoms. The van der Waals surface area contributed by atoms with Gasteiger partial charge in [-0.25, -0.2) is 9.18 Å². The molecular weight excluding hydrogens is 463 g/mol. The number of alkyl carbamates (subject to hydrolysis) is 1. The quantitative estimate of drug-likeness (QED) is 0.448. The molecule has 0 aromatic heterocycles. The number of hydrogen-bond donors (Lipinski definition) is 3. The van der Waals surface area contributed by atoms with Crippen molar-refractivity contribution in [1.82, 2.24) is 5.32 Å². The number of nitrogens with one attached hydrogen (secondary N) is 2. The summed E-state index contributed by atoms with van der Waals surface area (Å²) in [5.74, 6) is -3.32. The molecule has 0 fully saturated rings. The highest BCUT2D eigenvalue weighted by Gasteiger charge is 2.30. The molecule has 0 heterocycles. The fourth-order valence-electron chi connectivity index (χ4n) is 3.99. The van der Waals surface area contributed by atoms with Crippen LogP contribution in [-0.2, 0) is 14.3 Å². The van der Waals surface area contributed by atoms with Crippen molar-refractivity contribution in [3.05, 3.63) is 88.7 Å². The molecule has 3 aromatic carbocycles. The number of halogens is 2. The minimum atomic E-state index is -1.49. The molecule has 2 amide bonds. The molecule has 1 unspecified atom stereocenters. The second-order valence-electron chi connectivity index (χ2n) is 7.71. The van der Waals surface area contributed by atoms with Crippen LogP contribution in [-0.4, -0.2) is 35.7 Å². The van der Waals surface area contributed by atoms with E-state index >= 15 is 0 Å². The van der Waals surface area contributed by atoms with E-state index in [0.29, 0.717) is 0 Å². The van der Waals surface area contributed by atoms with E-state index < -0.39 is 36.2 Å². The SMILES string of the molecule is O=C(O)CC(NC(=O)OCC1c2ccccc2-c2ccccc21)C(=O)Nc1cccc(Cl)c1F. The smallest absolute Gasteiger partial charge is 0.407 e. The maximum atomic E-state index is 14.1. The predicted octanol–water partition coefficient (Wildman–Crippen LogP) is 4.80. The number of hydrogen-bond acceptors (Lipinski definition) is 4. The van der Waals surface area contributed by atoms with Gasteiger partial charge in [0, 0.05) is 5.92 Å². The fraction of sp³-hybridized carbons (Fsp3) is 0.160. The molecular formula is C25H20ClFN2O5. The number of rotatable bonds is 7. The number of ether oxygens (including phenoxy) is 1. The van der Waals surface area contributed by atoms with Gasteiger partial charge in [0.05, 0.1) is 17.1 Å². The Bertz CT molecular complexity index is 1220. The number of carboxylic acids is 1. The third kappa shape index (κ3) is 4.87. The van der Waals surface area contributed by atoms with Crippen molar-refractivity contribution in [2.75, 3.05) is 11.9 Å². The summed E-state index contributed by atoms with van der Waals surface area (Å²) in [4.78, 5) is 36.3. The van der Waals surface area contributed by atoms with Gasteiger partial charge in [-0.1, -0.05) is 66.2 Å². The maximum absolute atomic E-state index is 14.1. The summed E-state index contributed by atoms with van der Waals surface area (Å²) in [6.07, 6.45) is -1.69. The lowest BCUT2D eigenvalue weighted by atomic mass is 9.98. The standard InChI is InChI=1S/C25H20ClFN2O5/c26-19-10-5-11-20(23(19)27)28-24(32)21(12-22(30)31)29-25(33)34-13-18-16-8-3-1-6-14(16)15-7-2-4-9-17(15)18/h1-11,18,21H,12-13H2,(H,28,32)(H,29,33)(H,30,31). The monoisotopic (exact) mass is 482 g/mol. The number of fused-ring (bicyclic) bond motifs is 3. The largest absolute Gasteiger partial charge is 0.481 e. The zero-order chi connectivity index (χ0) is 24.2. The molecule has 0 radical (unpaired) electrons. The van der Waals surface area contributed by atoms with Gasteiger partial charge in [-0.05, 0) is 34.4 Å². The van der Waals surface area contributed by atoms with E-state index in [1.54, 1.807) is 0 Å². The second kappa shape index (κ2) is 9.93. The average Bonchev–Trinajstić information content (AvgIpc) is 3.14. The first kappa shape index (κ1) is 23.3. The second-order valence-corrected chi connectivity index (χ2v) is 8.12. The predicted molar refractivity (Wildman–Crippen MR) is 124 cm³/mol. The summed E-state index contributed by atoms with van der Waals surface area (Å²) < 4.78 is 19.5. The molecule has 0 bridgehead atoms. The molecule has 1 aliphatic rings. The first-order valence-corrected chi connectivity index (χ1v) is 10.8. The molecule has 7 nitrogen and oxygen atoms in total. The molecule has 1 atom stereocenters. The minimum absolute atomic E-state index is 0.00973. The van der Waals surface area contributed by atoms with Crippen LogP contribution in [0.15, 0.2) is 66.7 Å². The number of aliphatic carboxylic acids is 1. The van der Waals surface area contributed by atoms with Crippen molar-refractivity contribution < 1.29 is 28.6 Å². The molecule has 3 N–H and O–H groups in total. The lowest BCUT2D eigenvalue weighted by Crippen LogP contribution is -2.45. The van der Waals surface area contributed by atoms with Gasteiger partial charge in [0.2, 0.25) is 5.91 Å². The number of carbonyl (C=O) groups is 3. The molecule has 3 aromatic rings. The lowest BCUT2D eigenvalue weighted by Gasteiger charge is -2.19. The van der Waals surface area contributed by atoms with E-state index in [4.69, 9.17) is 21.4 Å². The van der Waals surface area contributed by atoms with Gasteiger partial charge in [0.15, 0.2) is 5.82 Å². The Morgan fingerprint density at radius 2 is 1.59 bits per heavy atom. The van der Waals surface area contributed by atoms with Crippen LogP contribution >= 0.6 is 11.6 Å². The van der Waals surface area contributed by atoms with Crippen molar-refractivity contribution in [3.8, 4) is 11.1 Å². The van der Waals surface area contributed by atoms with Crippen LogP contribution in [0.25, 0.3) is 11.1 Å². The molecule has 0 aliphatic heterocycles. The third-order valence-electron chi connectivity index (χ3n) is 5.54. The van der Waals surface area contributed by atoms with Crippen molar-refractivity contribution in [3.63, 3.8) is 0 Å². The first-order chi connectivity index (χ1) is 16.3. The highest BCUT2D eigenvalue weighted by Crippen LogP contribution is 2.44. The van der Waals surface area contributed by atoms with Gasteiger partial charge in [-0.2, -0.15) is 0 Å². The van der Waals surface area contributed by atoms with E-state index in [9.17, 15) is 18.8 Å². The molecule has 174 valence electrons. The maximum Gasteiger partial charge on any atom is 0.407 e. The number of amides is 2. The summed E-state index contributed by atoms with van der Waals surface area (Å²) in [7, 11) is 0. The minimum Gasteiger partial charge on any atom is -0.481 e. The molecule has 9 heteroatoms. The first-order valence-electron chi connectivity index (χ1n) is 10.4. The Morgan fingerprint density at radius 1 is 0.971 bits per heavy atom. The van der Waals surface area contributed by atoms with E-state index in [2.05, 4.69) is 10.6 Å². The number of carbonyl (C=O) groups excluding carboxylic acids is 2. The van der Waals surface area contributed by atoms with Crippen LogP contribution in [0.5, 0.6) is 0 Å². The van der Waals surface area contributed by atoms with Crippen LogP contribution in [0, 0.1) is 5.82 Å². The Morgan fingerprint density at radius 3 is 2.21 bits per heavy atom. The molecule has 34 heavy (non-hydrogen) atoms. The van der Waals surface area contributed by atoms with E-state index in [1.807, 2.05) is 48.5 Å². The van der Waals surface area contributed by atoms with Crippen molar-refractivity contribution in [2.24, 2.45) is 0 Å². The summed E-state index contributed by atoms with van der Waals surface area (Å²) in [5.41, 5.74) is 3.89. The van der Waals surface area contributed by atoms with E-state index in [-0.39, 0.29) is 23.2 Å². The summed E-state index contributed by atoms with van der Waals surface area (Å²) >= 11 is 5.71. The topological polar surface area (TPSA) is 105 Å². The van der Waals surface area contributed by atoms with Crippen LogP contribution in [0.2, 0.25) is 5.02 Å². The van der Waals surface area contributed by atoms with Crippen LogP contribution in [0.1, 0.15) is 23.5 Å². The van der Waals surface area contributed by atoms with Crippen LogP contribution in [0.4, 0.5) is 14.9 Å². The average molecular weight is 483 g/mol. The molecule has 0 saturated heterocycles. The highest BCUT2D eigenvalue weighted by molar-refractivity contribution is 6.31. The fourth-order valence-corrected chi connectivity index (χ4v) is 4.16. The Kier molecular flexibility index (Phi) is 6.79. The number of carboxylic acid groups (broad SMARTS) is 1. The molecule has 0 saturated carbocycles. The lowest BCUT2D eigenvalue weighted by molar-refractivity contribution is -0.139. The zero-order valence-corrected chi connectivity index (χ0v) is 18.5. The van der Waals surface area contributed by atoms with Crippen molar-refractivity contribution in [2.45, 2.75) is 18.4 Å². The van der Waals surface area contributed by atoms with Gasteiger partial charge in [-0.15, -0.1) is 0 Å². The summed E-state index contributed by atoms with van der Waals surface area (Å²) in [5, 5.41) is 13.5. The van der Waals surface area contributed by atoms with Crippen LogP contribution in [0.3, 0.4) is 0 Å². The van der Waals surface area contributed by atoms with E-state index in [1.165, 1.54) is 18.2 Å². The van der Waals surface area contributed by atoms with Gasteiger partial charge < -0.3 is 20.5 Å². The van der Waals surface area contributed by atoms with Gasteiger partial charge in [0.1, 0.15) is 12.6 Å². The van der Waals surface area contributed by atoms with E-state index in [0.717, 1.165) is 22.3 Å².